The number of hydrogen-bond donors (Lipinski definition) is 1. The van der Waals surface area contributed by atoms with Gasteiger partial charge in [-0.15, -0.1) is 11.8 Å². The number of allylic oxidation sites excluding steroid dienone is 1. The SMILES string of the molecule is CCOC(=O)[C@@]1(N)CSC2=C1C(=O)c1ccccc1C2=O. The van der Waals surface area contributed by atoms with Crippen LogP contribution in [0.25, 0.3) is 0 Å². The molecule has 3 rings (SSSR count). The van der Waals surface area contributed by atoms with Crippen molar-refractivity contribution in [2.24, 2.45) is 5.73 Å². The molecule has 0 fully saturated rings. The summed E-state index contributed by atoms with van der Waals surface area (Å²) in [6.45, 7) is 1.84. The molecule has 5 nitrogen and oxygen atoms in total. The number of nitrogens with two attached hydrogens (primary N) is 1. The van der Waals surface area contributed by atoms with Crippen LogP contribution >= 0.6 is 11.8 Å². The molecule has 21 heavy (non-hydrogen) atoms. The van der Waals surface area contributed by atoms with E-state index in [0.717, 1.165) is 11.8 Å². The van der Waals surface area contributed by atoms with Crippen molar-refractivity contribution in [1.29, 1.82) is 0 Å². The third-order valence-corrected chi connectivity index (χ3v) is 4.88. The molecule has 0 saturated carbocycles. The molecule has 6 heteroatoms. The van der Waals surface area contributed by atoms with Gasteiger partial charge in [0.2, 0.25) is 5.78 Å². The molecule has 1 aromatic rings. The predicted molar refractivity (Wildman–Crippen MR) is 78.1 cm³/mol. The molecule has 1 aliphatic carbocycles. The molecule has 1 atom stereocenters. The number of rotatable bonds is 2. The molecule has 0 spiro atoms. The van der Waals surface area contributed by atoms with Crippen LogP contribution in [0.3, 0.4) is 0 Å². The fourth-order valence-corrected chi connectivity index (χ4v) is 3.87. The van der Waals surface area contributed by atoms with Crippen LogP contribution in [-0.2, 0) is 9.53 Å². The van der Waals surface area contributed by atoms with Gasteiger partial charge in [-0.2, -0.15) is 0 Å². The van der Waals surface area contributed by atoms with Crippen molar-refractivity contribution in [2.45, 2.75) is 12.5 Å². The molecule has 1 aliphatic heterocycles. The lowest BCUT2D eigenvalue weighted by atomic mass is 9.80. The summed E-state index contributed by atoms with van der Waals surface area (Å²) < 4.78 is 4.97. The number of fused-ring (bicyclic) bond motifs is 1. The fourth-order valence-electron chi connectivity index (χ4n) is 2.57. The minimum Gasteiger partial charge on any atom is -0.464 e. The van der Waals surface area contributed by atoms with Crippen LogP contribution in [0.1, 0.15) is 27.6 Å². The minimum atomic E-state index is -1.55. The van der Waals surface area contributed by atoms with Crippen molar-refractivity contribution in [3.8, 4) is 0 Å². The smallest absolute Gasteiger partial charge is 0.331 e. The number of esters is 1. The molecule has 1 aromatic carbocycles. The van der Waals surface area contributed by atoms with Crippen LogP contribution in [0.5, 0.6) is 0 Å². The monoisotopic (exact) mass is 303 g/mol. The Labute approximate surface area is 125 Å². The first-order chi connectivity index (χ1) is 10.0. The lowest BCUT2D eigenvalue weighted by Gasteiger charge is -2.26. The maximum atomic E-state index is 12.7. The number of thioether (sulfide) groups is 1. The molecule has 2 aliphatic rings. The zero-order chi connectivity index (χ0) is 15.2. The third-order valence-electron chi connectivity index (χ3n) is 3.61. The maximum absolute atomic E-state index is 12.7. The first kappa shape index (κ1) is 14.0. The molecule has 0 unspecified atom stereocenters. The Balaban J connectivity index is 2.14. The van der Waals surface area contributed by atoms with Crippen molar-refractivity contribution >= 4 is 29.3 Å². The van der Waals surface area contributed by atoms with E-state index in [0.29, 0.717) is 11.1 Å². The topological polar surface area (TPSA) is 86.5 Å². The lowest BCUT2D eigenvalue weighted by Crippen LogP contribution is -2.53. The molecule has 1 heterocycles. The zero-order valence-electron chi connectivity index (χ0n) is 11.3. The van der Waals surface area contributed by atoms with Gasteiger partial charge in [0.15, 0.2) is 11.3 Å². The van der Waals surface area contributed by atoms with Gasteiger partial charge in [0.05, 0.1) is 11.5 Å². The zero-order valence-corrected chi connectivity index (χ0v) is 12.2. The third kappa shape index (κ3) is 1.86. The van der Waals surface area contributed by atoms with Crippen molar-refractivity contribution in [2.75, 3.05) is 12.4 Å². The summed E-state index contributed by atoms with van der Waals surface area (Å²) in [5.74, 6) is -1.13. The molecule has 0 radical (unpaired) electrons. The molecular weight excluding hydrogens is 290 g/mol. The molecular formula is C15H13NO4S. The Hall–Kier alpha value is -1.92. The Kier molecular flexibility index (Phi) is 3.22. The summed E-state index contributed by atoms with van der Waals surface area (Å²) in [6.07, 6.45) is 0. The van der Waals surface area contributed by atoms with Gasteiger partial charge in [-0.05, 0) is 6.92 Å². The van der Waals surface area contributed by atoms with Gasteiger partial charge in [-0.1, -0.05) is 24.3 Å². The number of carbonyl (C=O) groups excluding carboxylic acids is 3. The number of benzene rings is 1. The summed E-state index contributed by atoms with van der Waals surface area (Å²) in [5.41, 5.74) is 5.32. The summed E-state index contributed by atoms with van der Waals surface area (Å²) >= 11 is 1.15. The quantitative estimate of drug-likeness (QED) is 0.829. The molecule has 0 amide bonds. The number of hydrogen-bond acceptors (Lipinski definition) is 6. The molecule has 0 bridgehead atoms. The summed E-state index contributed by atoms with van der Waals surface area (Å²) in [5, 5.41) is 0. The van der Waals surface area contributed by atoms with Gasteiger partial charge in [-0.3, -0.25) is 9.59 Å². The average Bonchev–Trinajstić information content (AvgIpc) is 2.85. The van der Waals surface area contributed by atoms with Crippen molar-refractivity contribution in [1.82, 2.24) is 0 Å². The van der Waals surface area contributed by atoms with Crippen molar-refractivity contribution < 1.29 is 19.1 Å². The van der Waals surface area contributed by atoms with E-state index in [1.807, 2.05) is 0 Å². The molecule has 2 N–H and O–H groups in total. The Bertz CT molecular complexity index is 709. The minimum absolute atomic E-state index is 0.0784. The largest absolute Gasteiger partial charge is 0.464 e. The van der Waals surface area contributed by atoms with Gasteiger partial charge >= 0.3 is 5.97 Å². The molecule has 0 aromatic heterocycles. The van der Waals surface area contributed by atoms with Crippen molar-refractivity contribution in [3.63, 3.8) is 0 Å². The summed E-state index contributed by atoms with van der Waals surface area (Å²) in [6, 6.07) is 6.57. The molecule has 108 valence electrons. The van der Waals surface area contributed by atoms with E-state index in [1.54, 1.807) is 31.2 Å². The predicted octanol–water partition coefficient (Wildman–Crippen LogP) is 1.33. The number of Topliss-reactive ketones (excluding diaryl/α,β-unsaturated/α-hetero) is 2. The van der Waals surface area contributed by atoms with E-state index >= 15 is 0 Å². The number of ketones is 2. The second-order valence-corrected chi connectivity index (χ2v) is 5.87. The van der Waals surface area contributed by atoms with Gasteiger partial charge in [0, 0.05) is 22.5 Å². The highest BCUT2D eigenvalue weighted by atomic mass is 32.2. The van der Waals surface area contributed by atoms with E-state index in [2.05, 4.69) is 0 Å². The summed E-state index contributed by atoms with van der Waals surface area (Å²) in [4.78, 5) is 37.5. The normalized spacial score (nSPS) is 23.9. The van der Waals surface area contributed by atoms with Crippen LogP contribution in [0.2, 0.25) is 0 Å². The van der Waals surface area contributed by atoms with Gasteiger partial charge in [0.25, 0.3) is 0 Å². The Morgan fingerprint density at radius 1 is 1.29 bits per heavy atom. The number of ether oxygens (including phenoxy) is 1. The first-order valence-electron chi connectivity index (χ1n) is 6.52. The average molecular weight is 303 g/mol. The van der Waals surface area contributed by atoms with E-state index < -0.39 is 11.5 Å². The van der Waals surface area contributed by atoms with E-state index in [9.17, 15) is 14.4 Å². The summed E-state index contributed by atoms with van der Waals surface area (Å²) in [7, 11) is 0. The number of carbonyl (C=O) groups is 3. The Morgan fingerprint density at radius 3 is 2.52 bits per heavy atom. The van der Waals surface area contributed by atoms with Crippen molar-refractivity contribution in [3.05, 3.63) is 45.9 Å². The highest BCUT2D eigenvalue weighted by Gasteiger charge is 2.52. The van der Waals surface area contributed by atoms with Crippen LogP contribution in [0.15, 0.2) is 34.7 Å². The molecule has 0 saturated heterocycles. The second kappa shape index (κ2) is 4.82. The van der Waals surface area contributed by atoms with E-state index in [-0.39, 0.29) is 34.4 Å². The van der Waals surface area contributed by atoms with Gasteiger partial charge in [0.1, 0.15) is 0 Å². The Morgan fingerprint density at radius 2 is 1.90 bits per heavy atom. The standard InChI is InChI=1S/C15H13NO4S/c1-2-20-14(19)15(16)7-21-13-10(15)11(17)8-5-3-4-6-9(8)12(13)18/h3-6H,2,7,16H2,1H3/t15-/m1/s1. The first-order valence-corrected chi connectivity index (χ1v) is 7.51. The van der Waals surface area contributed by atoms with E-state index in [1.165, 1.54) is 0 Å². The highest BCUT2D eigenvalue weighted by Crippen LogP contribution is 2.44. The van der Waals surface area contributed by atoms with Crippen LogP contribution < -0.4 is 5.73 Å². The maximum Gasteiger partial charge on any atom is 0.331 e. The van der Waals surface area contributed by atoms with Crippen LogP contribution in [0.4, 0.5) is 0 Å². The van der Waals surface area contributed by atoms with Gasteiger partial charge < -0.3 is 10.5 Å². The second-order valence-electron chi connectivity index (χ2n) is 4.89. The fraction of sp³-hybridized carbons (Fsp3) is 0.267. The van der Waals surface area contributed by atoms with Crippen LogP contribution in [0, 0.1) is 0 Å². The van der Waals surface area contributed by atoms with Gasteiger partial charge in [-0.25, -0.2) is 4.79 Å². The van der Waals surface area contributed by atoms with E-state index in [4.69, 9.17) is 10.5 Å². The van der Waals surface area contributed by atoms with Crippen LogP contribution in [-0.4, -0.2) is 35.4 Å². The highest BCUT2D eigenvalue weighted by molar-refractivity contribution is 8.04. The lowest BCUT2D eigenvalue weighted by molar-refractivity contribution is -0.147.